The minimum Gasteiger partial charge on any atom is -0.492 e. The summed E-state index contributed by atoms with van der Waals surface area (Å²) in [6, 6.07) is 16.0. The molecule has 0 aliphatic heterocycles. The third-order valence-corrected chi connectivity index (χ3v) is 6.01. The van der Waals surface area contributed by atoms with Crippen molar-refractivity contribution in [1.29, 1.82) is 0 Å². The number of rotatable bonds is 5. The molecule has 2 aromatic carbocycles. The SMILES string of the molecule is Cc1ccc(-c2c(C)sc3ncn(CCOc4ccccc4)c(=O)c23)cc1C. The Bertz CT molecular complexity index is 1190. The lowest BCUT2D eigenvalue weighted by atomic mass is 9.99. The number of thiophene rings is 1. The molecule has 0 amide bonds. The normalized spacial score (nSPS) is 11.1. The Hall–Kier alpha value is -2.92. The van der Waals surface area contributed by atoms with E-state index in [1.807, 2.05) is 30.3 Å². The molecule has 0 radical (unpaired) electrons. The first-order valence-corrected chi connectivity index (χ1v) is 10.1. The predicted octanol–water partition coefficient (Wildman–Crippen LogP) is 5.13. The quantitative estimate of drug-likeness (QED) is 0.474. The van der Waals surface area contributed by atoms with Crippen LogP contribution < -0.4 is 10.3 Å². The number of benzene rings is 2. The zero-order chi connectivity index (χ0) is 19.7. The van der Waals surface area contributed by atoms with Gasteiger partial charge in [-0.15, -0.1) is 11.3 Å². The number of hydrogen-bond acceptors (Lipinski definition) is 4. The van der Waals surface area contributed by atoms with Crippen molar-refractivity contribution in [3.8, 4) is 16.9 Å². The van der Waals surface area contributed by atoms with Gasteiger partial charge in [-0.2, -0.15) is 0 Å². The van der Waals surface area contributed by atoms with Crippen LogP contribution in [-0.2, 0) is 6.54 Å². The molecule has 4 aromatic rings. The van der Waals surface area contributed by atoms with E-state index in [1.54, 1.807) is 22.2 Å². The van der Waals surface area contributed by atoms with E-state index in [1.165, 1.54) is 11.1 Å². The first kappa shape index (κ1) is 18.4. The molecule has 142 valence electrons. The Kier molecular flexibility index (Phi) is 5.01. The molecule has 28 heavy (non-hydrogen) atoms. The Labute approximate surface area is 168 Å². The molecule has 0 saturated heterocycles. The molecular weight excluding hydrogens is 368 g/mol. The fraction of sp³-hybridized carbons (Fsp3) is 0.217. The number of hydrogen-bond donors (Lipinski definition) is 0. The average Bonchev–Trinajstić information content (AvgIpc) is 3.03. The van der Waals surface area contributed by atoms with E-state index in [2.05, 4.69) is 44.0 Å². The number of para-hydroxylation sites is 1. The Balaban J connectivity index is 1.70. The first-order valence-electron chi connectivity index (χ1n) is 9.28. The Morgan fingerprint density at radius 1 is 1.04 bits per heavy atom. The molecule has 0 fully saturated rings. The van der Waals surface area contributed by atoms with Crippen LogP contribution in [0.1, 0.15) is 16.0 Å². The van der Waals surface area contributed by atoms with Gasteiger partial charge < -0.3 is 4.74 Å². The van der Waals surface area contributed by atoms with Gasteiger partial charge in [-0.3, -0.25) is 9.36 Å². The topological polar surface area (TPSA) is 44.1 Å². The Morgan fingerprint density at radius 2 is 1.82 bits per heavy atom. The highest BCUT2D eigenvalue weighted by molar-refractivity contribution is 7.19. The maximum absolute atomic E-state index is 13.2. The van der Waals surface area contributed by atoms with Crippen LogP contribution >= 0.6 is 11.3 Å². The van der Waals surface area contributed by atoms with Gasteiger partial charge in [0.2, 0.25) is 0 Å². The zero-order valence-corrected chi connectivity index (χ0v) is 17.0. The van der Waals surface area contributed by atoms with Crippen LogP contribution in [0.4, 0.5) is 0 Å². The van der Waals surface area contributed by atoms with Crippen molar-refractivity contribution in [2.24, 2.45) is 0 Å². The van der Waals surface area contributed by atoms with Gasteiger partial charge in [-0.25, -0.2) is 4.98 Å². The summed E-state index contributed by atoms with van der Waals surface area (Å²) in [5.74, 6) is 0.798. The third-order valence-electron chi connectivity index (χ3n) is 4.99. The lowest BCUT2D eigenvalue weighted by Crippen LogP contribution is -2.23. The fourth-order valence-electron chi connectivity index (χ4n) is 3.32. The van der Waals surface area contributed by atoms with Crippen LogP contribution in [0.3, 0.4) is 0 Å². The van der Waals surface area contributed by atoms with Crippen molar-refractivity contribution in [1.82, 2.24) is 9.55 Å². The van der Waals surface area contributed by atoms with Crippen molar-refractivity contribution in [2.45, 2.75) is 27.3 Å². The average molecular weight is 391 g/mol. The van der Waals surface area contributed by atoms with Gasteiger partial charge in [-0.1, -0.05) is 36.4 Å². The molecule has 0 saturated carbocycles. The number of fused-ring (bicyclic) bond motifs is 1. The molecular formula is C23H22N2O2S. The summed E-state index contributed by atoms with van der Waals surface area (Å²) in [6.07, 6.45) is 1.62. The summed E-state index contributed by atoms with van der Waals surface area (Å²) in [7, 11) is 0. The van der Waals surface area contributed by atoms with Crippen LogP contribution in [-0.4, -0.2) is 16.2 Å². The van der Waals surface area contributed by atoms with Crippen LogP contribution in [0.5, 0.6) is 5.75 Å². The standard InChI is InChI=1S/C23H22N2O2S/c1-15-9-10-18(13-16(15)2)20-17(3)28-22-21(20)23(26)25(14-24-22)11-12-27-19-7-5-4-6-8-19/h4-10,13-14H,11-12H2,1-3H3. The Morgan fingerprint density at radius 3 is 2.57 bits per heavy atom. The molecule has 5 heteroatoms. The molecule has 0 unspecified atom stereocenters. The molecule has 0 atom stereocenters. The molecule has 0 bridgehead atoms. The highest BCUT2D eigenvalue weighted by Gasteiger charge is 2.17. The molecule has 2 aromatic heterocycles. The molecule has 4 rings (SSSR count). The van der Waals surface area contributed by atoms with E-state index in [0.29, 0.717) is 18.5 Å². The van der Waals surface area contributed by atoms with E-state index in [-0.39, 0.29) is 5.56 Å². The van der Waals surface area contributed by atoms with Crippen molar-refractivity contribution < 1.29 is 4.74 Å². The van der Waals surface area contributed by atoms with E-state index in [0.717, 1.165) is 26.6 Å². The summed E-state index contributed by atoms with van der Waals surface area (Å²) < 4.78 is 7.38. The largest absolute Gasteiger partial charge is 0.492 e. The summed E-state index contributed by atoms with van der Waals surface area (Å²) in [6.45, 7) is 7.12. The molecule has 0 aliphatic carbocycles. The summed E-state index contributed by atoms with van der Waals surface area (Å²) in [5.41, 5.74) is 4.52. The smallest absolute Gasteiger partial charge is 0.262 e. The first-order chi connectivity index (χ1) is 13.5. The second kappa shape index (κ2) is 7.60. The lowest BCUT2D eigenvalue weighted by Gasteiger charge is -2.09. The predicted molar refractivity (Wildman–Crippen MR) is 115 cm³/mol. The molecule has 4 nitrogen and oxygen atoms in total. The highest BCUT2D eigenvalue weighted by atomic mass is 32.1. The number of aryl methyl sites for hydroxylation is 3. The summed E-state index contributed by atoms with van der Waals surface area (Å²) >= 11 is 1.57. The van der Waals surface area contributed by atoms with Crippen LogP contribution in [0.15, 0.2) is 59.7 Å². The van der Waals surface area contributed by atoms with Gasteiger partial charge in [0, 0.05) is 10.4 Å². The summed E-state index contributed by atoms with van der Waals surface area (Å²) in [5, 5.41) is 0.702. The fourth-order valence-corrected chi connectivity index (χ4v) is 4.32. The molecule has 0 spiro atoms. The van der Waals surface area contributed by atoms with Crippen molar-refractivity contribution in [3.05, 3.63) is 81.2 Å². The maximum atomic E-state index is 13.2. The van der Waals surface area contributed by atoms with Gasteiger partial charge in [-0.05, 0) is 49.6 Å². The van der Waals surface area contributed by atoms with Crippen molar-refractivity contribution >= 4 is 21.6 Å². The van der Waals surface area contributed by atoms with Crippen LogP contribution in [0.2, 0.25) is 0 Å². The number of aromatic nitrogens is 2. The lowest BCUT2D eigenvalue weighted by molar-refractivity contribution is 0.296. The minimum absolute atomic E-state index is 0.0146. The summed E-state index contributed by atoms with van der Waals surface area (Å²) in [4.78, 5) is 19.6. The van der Waals surface area contributed by atoms with Crippen LogP contribution in [0, 0.1) is 20.8 Å². The van der Waals surface area contributed by atoms with E-state index < -0.39 is 0 Å². The van der Waals surface area contributed by atoms with Gasteiger partial charge in [0.1, 0.15) is 17.2 Å². The molecule has 2 heterocycles. The van der Waals surface area contributed by atoms with Gasteiger partial charge in [0.05, 0.1) is 18.3 Å². The van der Waals surface area contributed by atoms with E-state index in [9.17, 15) is 4.79 Å². The van der Waals surface area contributed by atoms with Gasteiger partial charge in [0.15, 0.2) is 0 Å². The highest BCUT2D eigenvalue weighted by Crippen LogP contribution is 2.36. The van der Waals surface area contributed by atoms with Crippen LogP contribution in [0.25, 0.3) is 21.3 Å². The maximum Gasteiger partial charge on any atom is 0.262 e. The second-order valence-corrected chi connectivity index (χ2v) is 8.12. The molecule has 0 aliphatic rings. The van der Waals surface area contributed by atoms with Crippen molar-refractivity contribution in [2.75, 3.05) is 6.61 Å². The van der Waals surface area contributed by atoms with Gasteiger partial charge >= 0.3 is 0 Å². The zero-order valence-electron chi connectivity index (χ0n) is 16.2. The molecule has 0 N–H and O–H groups in total. The second-order valence-electron chi connectivity index (χ2n) is 6.92. The minimum atomic E-state index is -0.0146. The third kappa shape index (κ3) is 3.45. The van der Waals surface area contributed by atoms with E-state index >= 15 is 0 Å². The number of ether oxygens (including phenoxy) is 1. The number of nitrogens with zero attached hydrogens (tertiary/aromatic N) is 2. The van der Waals surface area contributed by atoms with Gasteiger partial charge in [0.25, 0.3) is 5.56 Å². The van der Waals surface area contributed by atoms with Crippen molar-refractivity contribution in [3.63, 3.8) is 0 Å². The monoisotopic (exact) mass is 390 g/mol. The van der Waals surface area contributed by atoms with E-state index in [4.69, 9.17) is 4.74 Å².